The Balaban J connectivity index is 2.45. The first-order chi connectivity index (χ1) is 8.48. The van der Waals surface area contributed by atoms with Crippen LogP contribution in [0.25, 0.3) is 0 Å². The lowest BCUT2D eigenvalue weighted by Crippen LogP contribution is -2.50. The molecule has 2 atom stereocenters. The molecule has 1 aliphatic rings. The summed E-state index contributed by atoms with van der Waals surface area (Å²) in [6.45, 7) is 1.81. The van der Waals surface area contributed by atoms with Crippen molar-refractivity contribution in [3.63, 3.8) is 0 Å². The van der Waals surface area contributed by atoms with Crippen LogP contribution >= 0.6 is 0 Å². The van der Waals surface area contributed by atoms with Crippen LogP contribution < -0.4 is 4.74 Å². The number of benzene rings is 1. The quantitative estimate of drug-likeness (QED) is 0.840. The molecule has 1 aromatic rings. The van der Waals surface area contributed by atoms with Crippen LogP contribution in [0.4, 0.5) is 0 Å². The number of hydrogen-bond acceptors (Lipinski definition) is 4. The van der Waals surface area contributed by atoms with E-state index in [0.717, 1.165) is 6.42 Å². The smallest absolute Gasteiger partial charge is 0.197 e. The van der Waals surface area contributed by atoms with Gasteiger partial charge < -0.3 is 4.74 Å². The monoisotopic (exact) mass is 265 g/mol. The van der Waals surface area contributed by atoms with Gasteiger partial charge in [0.25, 0.3) is 0 Å². The second kappa shape index (κ2) is 4.29. The van der Waals surface area contributed by atoms with Gasteiger partial charge in [-0.3, -0.25) is 0 Å². The van der Waals surface area contributed by atoms with Crippen LogP contribution in [0.15, 0.2) is 29.2 Å². The maximum Gasteiger partial charge on any atom is 0.197 e. The van der Waals surface area contributed by atoms with Gasteiger partial charge in [-0.2, -0.15) is 5.26 Å². The first-order valence-corrected chi connectivity index (χ1v) is 7.26. The van der Waals surface area contributed by atoms with Crippen molar-refractivity contribution in [2.75, 3.05) is 7.11 Å². The average Bonchev–Trinajstić information content (AvgIpc) is 2.38. The zero-order valence-electron chi connectivity index (χ0n) is 10.4. The fourth-order valence-corrected chi connectivity index (χ4v) is 4.36. The van der Waals surface area contributed by atoms with Crippen LogP contribution in [0, 0.1) is 17.2 Å². The summed E-state index contributed by atoms with van der Waals surface area (Å²) in [6.07, 6.45) is 1.20. The van der Waals surface area contributed by atoms with Crippen LogP contribution in [0.2, 0.25) is 0 Å². The molecule has 1 saturated carbocycles. The van der Waals surface area contributed by atoms with Crippen molar-refractivity contribution in [1.82, 2.24) is 0 Å². The highest BCUT2D eigenvalue weighted by atomic mass is 32.2. The van der Waals surface area contributed by atoms with Crippen molar-refractivity contribution in [2.45, 2.75) is 29.4 Å². The Morgan fingerprint density at radius 1 is 1.39 bits per heavy atom. The third-order valence-electron chi connectivity index (χ3n) is 3.78. The molecule has 1 aromatic carbocycles. The zero-order chi connectivity index (χ0) is 13.4. The Morgan fingerprint density at radius 2 is 2.00 bits per heavy atom. The molecule has 0 bridgehead atoms. The summed E-state index contributed by atoms with van der Waals surface area (Å²) < 4.78 is 28.8. The SMILES string of the molecule is COc1ccc(S(=O)(=O)C2(C#N)CCC2C)cc1. The Kier molecular flexibility index (Phi) is 3.07. The zero-order valence-corrected chi connectivity index (χ0v) is 11.2. The first kappa shape index (κ1) is 12.9. The summed E-state index contributed by atoms with van der Waals surface area (Å²) in [4.78, 5) is 0.191. The molecule has 0 aliphatic heterocycles. The molecule has 0 aromatic heterocycles. The molecular formula is C13H15NO3S. The highest BCUT2D eigenvalue weighted by Gasteiger charge is 2.55. The molecule has 1 fully saturated rings. The summed E-state index contributed by atoms with van der Waals surface area (Å²) in [5, 5.41) is 9.25. The largest absolute Gasteiger partial charge is 0.497 e. The fraction of sp³-hybridized carbons (Fsp3) is 0.462. The van der Waals surface area contributed by atoms with Gasteiger partial charge in [0.2, 0.25) is 0 Å². The Hall–Kier alpha value is -1.54. The molecule has 2 unspecified atom stereocenters. The number of rotatable bonds is 3. The third kappa shape index (κ3) is 1.60. The van der Waals surface area contributed by atoms with Gasteiger partial charge in [0.1, 0.15) is 5.75 Å². The summed E-state index contributed by atoms with van der Waals surface area (Å²) in [5.74, 6) is 0.483. The van der Waals surface area contributed by atoms with Gasteiger partial charge in [0.15, 0.2) is 14.6 Å². The van der Waals surface area contributed by atoms with Crippen molar-refractivity contribution >= 4 is 9.84 Å². The lowest BCUT2D eigenvalue weighted by molar-refractivity contribution is 0.279. The highest BCUT2D eigenvalue weighted by molar-refractivity contribution is 7.93. The Labute approximate surface area is 107 Å². The van der Waals surface area contributed by atoms with Crippen molar-refractivity contribution in [3.05, 3.63) is 24.3 Å². The van der Waals surface area contributed by atoms with E-state index in [2.05, 4.69) is 0 Å². The molecule has 0 amide bonds. The maximum atomic E-state index is 12.5. The Morgan fingerprint density at radius 3 is 2.33 bits per heavy atom. The van der Waals surface area contributed by atoms with E-state index in [1.165, 1.54) is 19.2 Å². The molecule has 0 heterocycles. The predicted molar refractivity (Wildman–Crippen MR) is 66.9 cm³/mol. The molecule has 5 heteroatoms. The molecule has 0 saturated heterocycles. The molecule has 0 spiro atoms. The first-order valence-electron chi connectivity index (χ1n) is 5.78. The number of nitriles is 1. The third-order valence-corrected chi connectivity index (χ3v) is 6.33. The maximum absolute atomic E-state index is 12.5. The normalized spacial score (nSPS) is 27.1. The van der Waals surface area contributed by atoms with E-state index < -0.39 is 14.6 Å². The molecule has 0 radical (unpaired) electrons. The van der Waals surface area contributed by atoms with Gasteiger partial charge >= 0.3 is 0 Å². The molecule has 1 aliphatic carbocycles. The lowest BCUT2D eigenvalue weighted by Gasteiger charge is -2.41. The molecule has 96 valence electrons. The topological polar surface area (TPSA) is 67.2 Å². The van der Waals surface area contributed by atoms with E-state index in [0.29, 0.717) is 12.2 Å². The number of nitrogens with zero attached hydrogens (tertiary/aromatic N) is 1. The molecule has 18 heavy (non-hydrogen) atoms. The molecular weight excluding hydrogens is 250 g/mol. The molecule has 0 N–H and O–H groups in total. The second-order valence-electron chi connectivity index (χ2n) is 4.62. The predicted octanol–water partition coefficient (Wildman–Crippen LogP) is 2.16. The summed E-state index contributed by atoms with van der Waals surface area (Å²) >= 11 is 0. The minimum Gasteiger partial charge on any atom is -0.497 e. The highest BCUT2D eigenvalue weighted by Crippen LogP contribution is 2.47. The standard InChI is InChI=1S/C13H15NO3S/c1-10-7-8-13(10,9-14)18(15,16)12-5-3-11(17-2)4-6-12/h3-6,10H,7-8H2,1-2H3. The number of hydrogen-bond donors (Lipinski definition) is 0. The van der Waals surface area contributed by atoms with E-state index in [9.17, 15) is 13.7 Å². The van der Waals surface area contributed by atoms with Crippen LogP contribution in [0.3, 0.4) is 0 Å². The van der Waals surface area contributed by atoms with Crippen molar-refractivity contribution in [3.8, 4) is 11.8 Å². The van der Waals surface area contributed by atoms with Crippen molar-refractivity contribution in [2.24, 2.45) is 5.92 Å². The van der Waals surface area contributed by atoms with Gasteiger partial charge in [0.05, 0.1) is 18.1 Å². The minimum absolute atomic E-state index is 0.116. The number of sulfone groups is 1. The fourth-order valence-electron chi connectivity index (χ4n) is 2.29. The van der Waals surface area contributed by atoms with Crippen LogP contribution in [0.1, 0.15) is 19.8 Å². The van der Waals surface area contributed by atoms with Gasteiger partial charge in [-0.1, -0.05) is 6.92 Å². The molecule has 4 nitrogen and oxygen atoms in total. The number of ether oxygens (including phenoxy) is 1. The van der Waals surface area contributed by atoms with Crippen molar-refractivity contribution < 1.29 is 13.2 Å². The van der Waals surface area contributed by atoms with Gasteiger partial charge in [-0.25, -0.2) is 8.42 Å². The van der Waals surface area contributed by atoms with E-state index in [1.807, 2.05) is 13.0 Å². The number of methoxy groups -OCH3 is 1. The summed E-state index contributed by atoms with van der Waals surface area (Å²) in [5.41, 5.74) is 0. The summed E-state index contributed by atoms with van der Waals surface area (Å²) in [6, 6.07) is 8.21. The van der Waals surface area contributed by atoms with Crippen LogP contribution in [0.5, 0.6) is 5.75 Å². The van der Waals surface area contributed by atoms with Gasteiger partial charge in [-0.15, -0.1) is 0 Å². The lowest BCUT2D eigenvalue weighted by atomic mass is 9.75. The Bertz CT molecular complexity index is 586. The van der Waals surface area contributed by atoms with Crippen molar-refractivity contribution in [1.29, 1.82) is 5.26 Å². The minimum atomic E-state index is -3.60. The van der Waals surface area contributed by atoms with Crippen LogP contribution in [-0.2, 0) is 9.84 Å². The van der Waals surface area contributed by atoms with Gasteiger partial charge in [-0.05, 0) is 43.0 Å². The van der Waals surface area contributed by atoms with Gasteiger partial charge in [0, 0.05) is 0 Å². The van der Waals surface area contributed by atoms with E-state index in [-0.39, 0.29) is 10.8 Å². The van der Waals surface area contributed by atoms with E-state index >= 15 is 0 Å². The van der Waals surface area contributed by atoms with Crippen LogP contribution in [-0.4, -0.2) is 20.3 Å². The summed E-state index contributed by atoms with van der Waals surface area (Å²) in [7, 11) is -2.08. The average molecular weight is 265 g/mol. The van der Waals surface area contributed by atoms with E-state index in [4.69, 9.17) is 4.74 Å². The second-order valence-corrected chi connectivity index (χ2v) is 6.83. The molecule has 2 rings (SSSR count). The van der Waals surface area contributed by atoms with E-state index in [1.54, 1.807) is 12.1 Å².